The van der Waals surface area contributed by atoms with Crippen molar-refractivity contribution in [2.45, 2.75) is 64.2 Å². The lowest BCUT2D eigenvalue weighted by Gasteiger charge is -2.29. The van der Waals surface area contributed by atoms with E-state index in [1.807, 2.05) is 18.7 Å². The van der Waals surface area contributed by atoms with Crippen LogP contribution in [0.2, 0.25) is 0 Å². The van der Waals surface area contributed by atoms with Crippen LogP contribution >= 0.6 is 11.8 Å². The molecule has 0 heterocycles. The smallest absolute Gasteiger partial charge is 0.308 e. The Balaban J connectivity index is 2.49. The molecule has 23 heavy (non-hydrogen) atoms. The fraction of sp³-hybridized carbons (Fsp3) is 0.882. The Labute approximate surface area is 145 Å². The monoisotopic (exact) mass is 343 g/mol. The minimum atomic E-state index is -0.0340. The Bertz CT molecular complexity index is 391. The highest BCUT2D eigenvalue weighted by Gasteiger charge is 2.27. The van der Waals surface area contributed by atoms with E-state index >= 15 is 0 Å². The van der Waals surface area contributed by atoms with E-state index in [0.29, 0.717) is 12.6 Å². The minimum absolute atomic E-state index is 0.0340. The Kier molecular flexibility index (Phi) is 8.81. The van der Waals surface area contributed by atoms with Crippen molar-refractivity contribution < 1.29 is 9.53 Å². The van der Waals surface area contributed by atoms with Gasteiger partial charge in [-0.2, -0.15) is 11.8 Å². The molecule has 0 saturated heterocycles. The van der Waals surface area contributed by atoms with Gasteiger partial charge in [-0.05, 0) is 59.6 Å². The third kappa shape index (κ3) is 7.46. The zero-order valence-corrected chi connectivity index (χ0v) is 16.1. The lowest BCUT2D eigenvalue weighted by molar-refractivity contribution is -0.149. The van der Waals surface area contributed by atoms with Gasteiger partial charge in [-0.25, -0.2) is 0 Å². The van der Waals surface area contributed by atoms with Gasteiger partial charge in [0.05, 0.1) is 19.1 Å². The summed E-state index contributed by atoms with van der Waals surface area (Å²) in [5.41, 5.74) is 0. The number of esters is 1. The van der Waals surface area contributed by atoms with Crippen LogP contribution in [-0.4, -0.2) is 48.7 Å². The van der Waals surface area contributed by atoms with E-state index in [9.17, 15) is 4.79 Å². The first-order valence-corrected chi connectivity index (χ1v) is 9.91. The van der Waals surface area contributed by atoms with Crippen molar-refractivity contribution in [3.8, 4) is 0 Å². The van der Waals surface area contributed by atoms with Crippen molar-refractivity contribution >= 4 is 23.7 Å². The van der Waals surface area contributed by atoms with Crippen LogP contribution in [0.5, 0.6) is 0 Å². The summed E-state index contributed by atoms with van der Waals surface area (Å²) in [7, 11) is 0. The van der Waals surface area contributed by atoms with Crippen molar-refractivity contribution in [1.82, 2.24) is 10.6 Å². The molecule has 0 aliphatic heterocycles. The maximum Gasteiger partial charge on any atom is 0.308 e. The summed E-state index contributed by atoms with van der Waals surface area (Å²) in [5.74, 6) is 0.922. The molecular formula is C17H33N3O2S. The van der Waals surface area contributed by atoms with Gasteiger partial charge in [0, 0.05) is 17.3 Å². The van der Waals surface area contributed by atoms with Crippen LogP contribution in [-0.2, 0) is 9.53 Å². The minimum Gasteiger partial charge on any atom is -0.466 e. The Morgan fingerprint density at radius 1 is 1.26 bits per heavy atom. The molecule has 0 radical (unpaired) electrons. The maximum absolute atomic E-state index is 11.8. The van der Waals surface area contributed by atoms with Crippen LogP contribution in [0.3, 0.4) is 0 Å². The molecule has 1 aliphatic carbocycles. The van der Waals surface area contributed by atoms with Gasteiger partial charge in [0.1, 0.15) is 0 Å². The van der Waals surface area contributed by atoms with Gasteiger partial charge in [0.2, 0.25) is 0 Å². The molecule has 1 fully saturated rings. The van der Waals surface area contributed by atoms with E-state index in [0.717, 1.165) is 44.7 Å². The van der Waals surface area contributed by atoms with E-state index < -0.39 is 0 Å². The van der Waals surface area contributed by atoms with Crippen molar-refractivity contribution in [1.29, 1.82) is 0 Å². The van der Waals surface area contributed by atoms with E-state index in [2.05, 4.69) is 37.7 Å². The van der Waals surface area contributed by atoms with Crippen LogP contribution in [0.25, 0.3) is 0 Å². The van der Waals surface area contributed by atoms with Crippen LogP contribution in [0.1, 0.15) is 53.4 Å². The number of hydrogen-bond acceptors (Lipinski definition) is 4. The zero-order chi connectivity index (χ0) is 17.3. The molecule has 0 aromatic carbocycles. The Morgan fingerprint density at radius 2 is 1.91 bits per heavy atom. The van der Waals surface area contributed by atoms with Crippen molar-refractivity contribution in [3.63, 3.8) is 0 Å². The molecule has 1 aliphatic rings. The molecule has 5 nitrogen and oxygen atoms in total. The SMILES string of the molecule is CCNC(=NCC(C)(C)SC)NC1CCC(C(=O)OCC)CC1. The number of rotatable bonds is 7. The number of guanidine groups is 1. The molecule has 0 aromatic heterocycles. The highest BCUT2D eigenvalue weighted by atomic mass is 32.2. The number of ether oxygens (including phenoxy) is 1. The normalized spacial score (nSPS) is 22.6. The average Bonchev–Trinajstić information content (AvgIpc) is 2.54. The molecule has 2 N–H and O–H groups in total. The zero-order valence-electron chi connectivity index (χ0n) is 15.3. The van der Waals surface area contributed by atoms with Crippen molar-refractivity contribution in [2.75, 3.05) is 26.0 Å². The number of nitrogens with one attached hydrogen (secondary N) is 2. The molecule has 1 saturated carbocycles. The molecule has 6 heteroatoms. The van der Waals surface area contributed by atoms with Gasteiger partial charge < -0.3 is 15.4 Å². The topological polar surface area (TPSA) is 62.7 Å². The molecule has 0 unspecified atom stereocenters. The van der Waals surface area contributed by atoms with Crippen LogP contribution in [0.15, 0.2) is 4.99 Å². The standard InChI is InChI=1S/C17H33N3O2S/c1-6-18-16(19-12-17(3,4)23-5)20-14-10-8-13(9-11-14)15(21)22-7-2/h13-14H,6-12H2,1-5H3,(H2,18,19,20). The lowest BCUT2D eigenvalue weighted by Crippen LogP contribution is -2.46. The summed E-state index contributed by atoms with van der Waals surface area (Å²) < 4.78 is 5.27. The third-order valence-corrected chi connectivity index (χ3v) is 5.44. The van der Waals surface area contributed by atoms with Crippen LogP contribution < -0.4 is 10.6 Å². The first-order valence-electron chi connectivity index (χ1n) is 8.68. The van der Waals surface area contributed by atoms with Gasteiger partial charge >= 0.3 is 5.97 Å². The second-order valence-electron chi connectivity index (χ2n) is 6.60. The van der Waals surface area contributed by atoms with Gasteiger partial charge in [-0.15, -0.1) is 0 Å². The second kappa shape index (κ2) is 10.1. The fourth-order valence-electron chi connectivity index (χ4n) is 2.58. The van der Waals surface area contributed by atoms with Gasteiger partial charge in [-0.3, -0.25) is 9.79 Å². The van der Waals surface area contributed by atoms with Gasteiger partial charge in [0.15, 0.2) is 5.96 Å². The molecule has 0 amide bonds. The summed E-state index contributed by atoms with van der Waals surface area (Å²) in [6.07, 6.45) is 5.88. The fourth-order valence-corrected chi connectivity index (χ4v) is 2.77. The maximum atomic E-state index is 11.8. The highest BCUT2D eigenvalue weighted by Crippen LogP contribution is 2.25. The summed E-state index contributed by atoms with van der Waals surface area (Å²) in [4.78, 5) is 16.5. The third-order valence-electron chi connectivity index (χ3n) is 4.20. The first kappa shape index (κ1) is 20.1. The van der Waals surface area contributed by atoms with E-state index in [1.165, 1.54) is 0 Å². The summed E-state index contributed by atoms with van der Waals surface area (Å²) in [5, 5.41) is 6.84. The van der Waals surface area contributed by atoms with Crippen molar-refractivity contribution in [2.24, 2.45) is 10.9 Å². The summed E-state index contributed by atoms with van der Waals surface area (Å²) in [6.45, 7) is 10.4. The Morgan fingerprint density at radius 3 is 2.43 bits per heavy atom. The van der Waals surface area contributed by atoms with E-state index in [1.54, 1.807) is 0 Å². The highest BCUT2D eigenvalue weighted by molar-refractivity contribution is 7.99. The first-order chi connectivity index (χ1) is 10.9. The van der Waals surface area contributed by atoms with E-state index in [-0.39, 0.29) is 16.6 Å². The molecule has 0 bridgehead atoms. The molecule has 0 spiro atoms. The predicted octanol–water partition coefficient (Wildman–Crippen LogP) is 2.81. The van der Waals surface area contributed by atoms with Crippen LogP contribution in [0, 0.1) is 5.92 Å². The quantitative estimate of drug-likeness (QED) is 0.423. The molecular weight excluding hydrogens is 310 g/mol. The average molecular weight is 344 g/mol. The lowest BCUT2D eigenvalue weighted by atomic mass is 9.86. The number of carbonyl (C=O) groups excluding carboxylic acids is 1. The molecule has 0 atom stereocenters. The van der Waals surface area contributed by atoms with Gasteiger partial charge in [-0.1, -0.05) is 0 Å². The summed E-state index contributed by atoms with van der Waals surface area (Å²) >= 11 is 1.83. The van der Waals surface area contributed by atoms with Crippen molar-refractivity contribution in [3.05, 3.63) is 0 Å². The number of thioether (sulfide) groups is 1. The largest absolute Gasteiger partial charge is 0.466 e. The second-order valence-corrected chi connectivity index (χ2v) is 8.12. The Hall–Kier alpha value is -0.910. The number of hydrogen-bond donors (Lipinski definition) is 2. The molecule has 0 aromatic rings. The molecule has 1 rings (SSSR count). The number of aliphatic imine (C=N–C) groups is 1. The molecule has 134 valence electrons. The predicted molar refractivity (Wildman–Crippen MR) is 99.1 cm³/mol. The van der Waals surface area contributed by atoms with Gasteiger partial charge in [0.25, 0.3) is 0 Å². The number of nitrogens with zero attached hydrogens (tertiary/aromatic N) is 1. The van der Waals surface area contributed by atoms with E-state index in [4.69, 9.17) is 9.73 Å². The van der Waals surface area contributed by atoms with Crippen LogP contribution in [0.4, 0.5) is 0 Å². The number of carbonyl (C=O) groups is 1. The summed E-state index contributed by atoms with van der Waals surface area (Å²) in [6, 6.07) is 0.385.